The second kappa shape index (κ2) is 9.64. The monoisotopic (exact) mass is 560 g/mol. The van der Waals surface area contributed by atoms with Crippen molar-refractivity contribution in [3.05, 3.63) is 105 Å². The molecule has 0 spiro atoms. The Bertz CT molecular complexity index is 1600. The summed E-state index contributed by atoms with van der Waals surface area (Å²) in [6.45, 7) is 0. The summed E-state index contributed by atoms with van der Waals surface area (Å²) < 4.78 is 7.40. The van der Waals surface area contributed by atoms with Gasteiger partial charge in [-0.05, 0) is 29.8 Å². The number of rotatable bonds is 5. The van der Waals surface area contributed by atoms with Crippen molar-refractivity contribution in [2.75, 3.05) is 0 Å². The lowest BCUT2D eigenvalue weighted by Gasteiger charge is -2.12. The smallest absolute Gasteiger partial charge is 0.349 e. The Morgan fingerprint density at radius 2 is 1.74 bits per heavy atom. The van der Waals surface area contributed by atoms with Crippen LogP contribution in [0.3, 0.4) is 0 Å². The average molecular weight is 562 g/mol. The maximum atomic E-state index is 12.2. The normalized spacial score (nSPS) is 10.6. The van der Waals surface area contributed by atoms with Gasteiger partial charge < -0.3 is 4.74 Å². The summed E-state index contributed by atoms with van der Waals surface area (Å²) >= 11 is 16.0. The maximum Gasteiger partial charge on any atom is 0.349 e. The standard InChI is InChI=1S/C21H11BrCl2N6O4/c22-12-3-1-10(2-4-12)5-11-6-17(27-28-19(11)31)34-18-14(23)7-13(8-15(18)24)30-21(33)26-20(32)16(9-25)29-30/h1-4,6-8H,5H2,(H,28,31)(H,26,32,33). The first kappa shape index (κ1) is 23.4. The summed E-state index contributed by atoms with van der Waals surface area (Å²) in [5, 5.41) is 18.9. The first-order valence-electron chi connectivity index (χ1n) is 9.39. The molecule has 13 heteroatoms. The Hall–Kier alpha value is -3.72. The predicted octanol–water partition coefficient (Wildman–Crippen LogP) is 3.33. The lowest BCUT2D eigenvalue weighted by atomic mass is 10.1. The van der Waals surface area contributed by atoms with Gasteiger partial charge in [0.2, 0.25) is 11.6 Å². The minimum absolute atomic E-state index is 0.0108. The van der Waals surface area contributed by atoms with Crippen LogP contribution in [-0.4, -0.2) is 25.0 Å². The van der Waals surface area contributed by atoms with Gasteiger partial charge in [-0.2, -0.15) is 9.94 Å². The van der Waals surface area contributed by atoms with E-state index in [2.05, 4.69) is 31.2 Å². The van der Waals surface area contributed by atoms with E-state index in [-0.39, 0.29) is 32.9 Å². The first-order chi connectivity index (χ1) is 16.2. The molecule has 0 unspecified atom stereocenters. The van der Waals surface area contributed by atoms with E-state index in [1.165, 1.54) is 18.2 Å². The molecule has 0 saturated heterocycles. The number of halogens is 3. The molecule has 34 heavy (non-hydrogen) atoms. The van der Waals surface area contributed by atoms with Crippen molar-refractivity contribution in [3.8, 4) is 23.4 Å². The zero-order valence-electron chi connectivity index (χ0n) is 16.8. The molecule has 0 aliphatic heterocycles. The molecule has 0 aliphatic rings. The lowest BCUT2D eigenvalue weighted by Crippen LogP contribution is -2.33. The van der Waals surface area contributed by atoms with Crippen LogP contribution in [0, 0.1) is 11.3 Å². The Kier molecular flexibility index (Phi) is 6.65. The van der Waals surface area contributed by atoms with Crippen LogP contribution >= 0.6 is 39.1 Å². The number of nitrogens with one attached hydrogen (secondary N) is 2. The van der Waals surface area contributed by atoms with Crippen molar-refractivity contribution in [1.82, 2.24) is 25.0 Å². The SMILES string of the molecule is N#Cc1nn(-c2cc(Cl)c(Oc3cc(Cc4ccc(Br)cc4)c(=O)[nH]n3)c(Cl)c2)c(=O)[nH]c1=O. The van der Waals surface area contributed by atoms with Crippen molar-refractivity contribution in [1.29, 1.82) is 5.26 Å². The van der Waals surface area contributed by atoms with E-state index in [4.69, 9.17) is 33.2 Å². The molecule has 2 N–H and O–H groups in total. The van der Waals surface area contributed by atoms with Gasteiger partial charge in [0.15, 0.2) is 5.75 Å². The highest BCUT2D eigenvalue weighted by molar-refractivity contribution is 9.10. The molecular weight excluding hydrogens is 551 g/mol. The second-order valence-corrected chi connectivity index (χ2v) is 8.57. The Morgan fingerprint density at radius 1 is 1.06 bits per heavy atom. The van der Waals surface area contributed by atoms with E-state index < -0.39 is 16.9 Å². The summed E-state index contributed by atoms with van der Waals surface area (Å²) in [5.41, 5.74) is -1.28. The number of aromatic nitrogens is 5. The summed E-state index contributed by atoms with van der Waals surface area (Å²) in [4.78, 5) is 37.9. The molecule has 170 valence electrons. The van der Waals surface area contributed by atoms with E-state index in [0.717, 1.165) is 14.7 Å². The van der Waals surface area contributed by atoms with Crippen LogP contribution in [0.25, 0.3) is 5.69 Å². The Labute approximate surface area is 208 Å². The summed E-state index contributed by atoms with van der Waals surface area (Å²) in [5.74, 6) is 0.0496. The van der Waals surface area contributed by atoms with Gasteiger partial charge >= 0.3 is 5.69 Å². The highest BCUT2D eigenvalue weighted by Gasteiger charge is 2.16. The third kappa shape index (κ3) is 4.94. The zero-order chi connectivity index (χ0) is 24.4. The number of nitriles is 1. The van der Waals surface area contributed by atoms with Gasteiger partial charge in [0.05, 0.1) is 15.7 Å². The molecule has 0 saturated carbocycles. The van der Waals surface area contributed by atoms with Crippen LogP contribution in [0.5, 0.6) is 11.6 Å². The van der Waals surface area contributed by atoms with Crippen LogP contribution in [0.2, 0.25) is 10.0 Å². The molecule has 4 rings (SSSR count). The minimum atomic E-state index is -0.913. The maximum absolute atomic E-state index is 12.2. The average Bonchev–Trinajstić information content (AvgIpc) is 2.80. The van der Waals surface area contributed by atoms with Crippen LogP contribution in [-0.2, 0) is 6.42 Å². The second-order valence-electron chi connectivity index (χ2n) is 6.84. The topological polar surface area (TPSA) is 147 Å². The zero-order valence-corrected chi connectivity index (χ0v) is 19.9. The summed E-state index contributed by atoms with van der Waals surface area (Å²) in [6.07, 6.45) is 0.337. The first-order valence-corrected chi connectivity index (χ1v) is 10.9. The van der Waals surface area contributed by atoms with Gasteiger partial charge in [0, 0.05) is 22.5 Å². The van der Waals surface area contributed by atoms with Gasteiger partial charge in [0.25, 0.3) is 11.1 Å². The van der Waals surface area contributed by atoms with E-state index in [9.17, 15) is 14.4 Å². The lowest BCUT2D eigenvalue weighted by molar-refractivity contribution is 0.453. The minimum Gasteiger partial charge on any atom is -0.434 e. The number of benzene rings is 2. The highest BCUT2D eigenvalue weighted by atomic mass is 79.9. The fraction of sp³-hybridized carbons (Fsp3) is 0.0476. The molecule has 0 aliphatic carbocycles. The molecule has 0 atom stereocenters. The van der Waals surface area contributed by atoms with Crippen LogP contribution in [0.4, 0.5) is 0 Å². The van der Waals surface area contributed by atoms with E-state index >= 15 is 0 Å². The van der Waals surface area contributed by atoms with Gasteiger partial charge in [-0.1, -0.05) is 51.3 Å². The van der Waals surface area contributed by atoms with Gasteiger partial charge in [0.1, 0.15) is 6.07 Å². The summed E-state index contributed by atoms with van der Waals surface area (Å²) in [6, 6.07) is 13.2. The Morgan fingerprint density at radius 3 is 2.38 bits per heavy atom. The molecule has 0 radical (unpaired) electrons. The predicted molar refractivity (Wildman–Crippen MR) is 127 cm³/mol. The van der Waals surface area contributed by atoms with Crippen molar-refractivity contribution in [2.24, 2.45) is 0 Å². The van der Waals surface area contributed by atoms with Gasteiger partial charge in [-0.25, -0.2) is 9.89 Å². The number of ether oxygens (including phenoxy) is 1. The summed E-state index contributed by atoms with van der Waals surface area (Å²) in [7, 11) is 0. The number of hydrogen-bond acceptors (Lipinski definition) is 7. The van der Waals surface area contributed by atoms with Crippen molar-refractivity contribution < 1.29 is 4.74 Å². The van der Waals surface area contributed by atoms with Crippen LogP contribution in [0.15, 0.2) is 61.3 Å². The molecule has 0 fully saturated rings. The molecule has 2 aromatic heterocycles. The Balaban J connectivity index is 1.66. The van der Waals surface area contributed by atoms with Crippen molar-refractivity contribution >= 4 is 39.1 Å². The molecule has 4 aromatic rings. The number of nitrogens with zero attached hydrogens (tertiary/aromatic N) is 4. The fourth-order valence-corrected chi connectivity index (χ4v) is 3.77. The van der Waals surface area contributed by atoms with Gasteiger partial charge in [-0.15, -0.1) is 10.2 Å². The quantitative estimate of drug-likeness (QED) is 0.380. The molecule has 2 aromatic carbocycles. The molecule has 0 amide bonds. The molecule has 10 nitrogen and oxygen atoms in total. The largest absolute Gasteiger partial charge is 0.434 e. The van der Waals surface area contributed by atoms with E-state index in [1.54, 1.807) is 6.07 Å². The number of H-pyrrole nitrogens is 2. The number of aromatic amines is 2. The molecule has 0 bridgehead atoms. The van der Waals surface area contributed by atoms with Crippen molar-refractivity contribution in [2.45, 2.75) is 6.42 Å². The third-order valence-electron chi connectivity index (χ3n) is 4.53. The molecule has 2 heterocycles. The van der Waals surface area contributed by atoms with Crippen LogP contribution in [0.1, 0.15) is 16.8 Å². The third-order valence-corrected chi connectivity index (χ3v) is 5.62. The van der Waals surface area contributed by atoms with Gasteiger partial charge in [-0.3, -0.25) is 14.6 Å². The van der Waals surface area contributed by atoms with Crippen molar-refractivity contribution in [3.63, 3.8) is 0 Å². The molecular formula is C21H11BrCl2N6O4. The van der Waals surface area contributed by atoms with E-state index in [0.29, 0.717) is 12.0 Å². The number of hydrogen-bond donors (Lipinski definition) is 2. The highest BCUT2D eigenvalue weighted by Crippen LogP contribution is 2.37. The van der Waals surface area contributed by atoms with Crippen LogP contribution < -0.4 is 21.5 Å². The fourth-order valence-electron chi connectivity index (χ4n) is 2.95. The van der Waals surface area contributed by atoms with E-state index in [1.807, 2.05) is 29.2 Å².